The van der Waals surface area contributed by atoms with Crippen molar-refractivity contribution in [2.75, 3.05) is 26.2 Å². The average molecular weight is 305 g/mol. The summed E-state index contributed by atoms with van der Waals surface area (Å²) in [4.78, 5) is 1.50. The Morgan fingerprint density at radius 3 is 2.71 bits per heavy atom. The van der Waals surface area contributed by atoms with Gasteiger partial charge in [-0.25, -0.2) is 0 Å². The number of aromatic nitrogens is 3. The fourth-order valence-corrected chi connectivity index (χ4v) is 2.80. The quantitative estimate of drug-likeness (QED) is 0.838. The number of H-pyrrole nitrogens is 1. The third-order valence-electron chi connectivity index (χ3n) is 4.05. The number of aromatic amines is 1. The average Bonchev–Trinajstić information content (AvgIpc) is 2.91. The number of nitrogens with one attached hydrogen (secondary N) is 2. The lowest BCUT2D eigenvalue weighted by Crippen LogP contribution is -2.45. The van der Waals surface area contributed by atoms with E-state index in [4.69, 9.17) is 0 Å². The van der Waals surface area contributed by atoms with Crippen LogP contribution in [0.4, 0.5) is 13.2 Å². The number of piperidine rings is 1. The summed E-state index contributed by atoms with van der Waals surface area (Å²) in [5.41, 5.74) is 0.912. The zero-order chi connectivity index (χ0) is 15.3. The van der Waals surface area contributed by atoms with Crippen molar-refractivity contribution < 1.29 is 13.2 Å². The Bertz CT molecular complexity index is 398. The predicted molar refractivity (Wildman–Crippen MR) is 72.8 cm³/mol. The van der Waals surface area contributed by atoms with Crippen LogP contribution < -0.4 is 5.32 Å². The van der Waals surface area contributed by atoms with Gasteiger partial charge in [0.1, 0.15) is 0 Å². The van der Waals surface area contributed by atoms with E-state index >= 15 is 0 Å². The van der Waals surface area contributed by atoms with Gasteiger partial charge < -0.3 is 5.32 Å². The fraction of sp³-hybridized carbons (Fsp3) is 0.846. The molecule has 0 aliphatic carbocycles. The van der Waals surface area contributed by atoms with E-state index in [0.717, 1.165) is 31.5 Å². The van der Waals surface area contributed by atoms with E-state index in [9.17, 15) is 13.2 Å². The number of rotatable bonds is 6. The topological polar surface area (TPSA) is 56.8 Å². The first kappa shape index (κ1) is 16.2. The van der Waals surface area contributed by atoms with Gasteiger partial charge in [-0.2, -0.15) is 28.6 Å². The van der Waals surface area contributed by atoms with Gasteiger partial charge in [-0.15, -0.1) is 0 Å². The molecular formula is C13H22F3N5. The Morgan fingerprint density at radius 2 is 2.14 bits per heavy atom. The van der Waals surface area contributed by atoms with Crippen molar-refractivity contribution in [3.63, 3.8) is 0 Å². The molecule has 2 N–H and O–H groups in total. The van der Waals surface area contributed by atoms with E-state index in [1.165, 1.54) is 4.90 Å². The molecule has 1 aromatic rings. The zero-order valence-electron chi connectivity index (χ0n) is 12.2. The van der Waals surface area contributed by atoms with Gasteiger partial charge in [-0.1, -0.05) is 0 Å². The minimum atomic E-state index is -4.09. The fourth-order valence-electron chi connectivity index (χ4n) is 2.80. The third-order valence-corrected chi connectivity index (χ3v) is 4.05. The first-order valence-electron chi connectivity index (χ1n) is 7.31. The molecule has 120 valence electrons. The lowest BCUT2D eigenvalue weighted by Gasteiger charge is -2.35. The molecule has 2 heterocycles. The summed E-state index contributed by atoms with van der Waals surface area (Å²) in [5, 5.41) is 13.7. The van der Waals surface area contributed by atoms with E-state index in [2.05, 4.69) is 27.7 Å². The van der Waals surface area contributed by atoms with Crippen molar-refractivity contribution >= 4 is 0 Å². The van der Waals surface area contributed by atoms with E-state index in [1.54, 1.807) is 6.20 Å². The Labute approximate surface area is 122 Å². The Hall–Kier alpha value is -1.15. The van der Waals surface area contributed by atoms with Crippen LogP contribution in [0.3, 0.4) is 0 Å². The minimum absolute atomic E-state index is 0.310. The second kappa shape index (κ2) is 7.22. The first-order chi connectivity index (χ1) is 9.94. The van der Waals surface area contributed by atoms with Crippen LogP contribution in [0.1, 0.15) is 25.5 Å². The second-order valence-corrected chi connectivity index (χ2v) is 5.68. The molecule has 8 heteroatoms. The van der Waals surface area contributed by atoms with Gasteiger partial charge in [0.25, 0.3) is 0 Å². The highest BCUT2D eigenvalue weighted by Gasteiger charge is 2.33. The predicted octanol–water partition coefficient (Wildman–Crippen LogP) is 1.60. The van der Waals surface area contributed by atoms with Gasteiger partial charge >= 0.3 is 6.18 Å². The summed E-state index contributed by atoms with van der Waals surface area (Å²) in [6, 6.07) is 0.310. The Kier molecular flexibility index (Phi) is 5.58. The van der Waals surface area contributed by atoms with Crippen molar-refractivity contribution in [1.82, 2.24) is 25.6 Å². The maximum Gasteiger partial charge on any atom is 0.401 e. The van der Waals surface area contributed by atoms with E-state index < -0.39 is 12.7 Å². The SMILES string of the molecule is CC(NCCc1cn[nH]n1)C1CCN(CC(F)(F)F)CC1. The standard InChI is InChI=1S/C13H22F3N5/c1-10(17-5-2-12-8-18-20-19-12)11-3-6-21(7-4-11)9-13(14,15)16/h8,10-11,17H,2-7,9H2,1H3,(H,18,19,20). The highest BCUT2D eigenvalue weighted by atomic mass is 19.4. The normalized spacial score (nSPS) is 19.8. The molecule has 0 aromatic carbocycles. The highest BCUT2D eigenvalue weighted by Crippen LogP contribution is 2.24. The number of hydrogen-bond donors (Lipinski definition) is 2. The van der Waals surface area contributed by atoms with Crippen molar-refractivity contribution in [2.24, 2.45) is 5.92 Å². The van der Waals surface area contributed by atoms with E-state index in [0.29, 0.717) is 25.0 Å². The molecule has 0 spiro atoms. The number of alkyl halides is 3. The van der Waals surface area contributed by atoms with Crippen LogP contribution >= 0.6 is 0 Å². The Morgan fingerprint density at radius 1 is 1.43 bits per heavy atom. The molecule has 1 atom stereocenters. The summed E-state index contributed by atoms with van der Waals surface area (Å²) in [7, 11) is 0. The van der Waals surface area contributed by atoms with Crippen LogP contribution in [-0.2, 0) is 6.42 Å². The molecule has 1 saturated heterocycles. The van der Waals surface area contributed by atoms with Crippen molar-refractivity contribution in [2.45, 2.75) is 38.4 Å². The maximum absolute atomic E-state index is 12.3. The number of likely N-dealkylation sites (tertiary alicyclic amines) is 1. The number of nitrogens with zero attached hydrogens (tertiary/aromatic N) is 3. The molecule has 1 aliphatic rings. The third kappa shape index (κ3) is 5.62. The molecule has 21 heavy (non-hydrogen) atoms. The summed E-state index contributed by atoms with van der Waals surface area (Å²) in [5.74, 6) is 0.437. The molecule has 2 rings (SSSR count). The van der Waals surface area contributed by atoms with Crippen LogP contribution in [0.15, 0.2) is 6.20 Å². The molecule has 1 aromatic heterocycles. The number of hydrogen-bond acceptors (Lipinski definition) is 4. The molecular weight excluding hydrogens is 283 g/mol. The van der Waals surface area contributed by atoms with Gasteiger partial charge in [0.15, 0.2) is 0 Å². The first-order valence-corrected chi connectivity index (χ1v) is 7.31. The van der Waals surface area contributed by atoms with Crippen LogP contribution in [-0.4, -0.2) is 58.7 Å². The highest BCUT2D eigenvalue weighted by molar-refractivity contribution is 4.91. The summed E-state index contributed by atoms with van der Waals surface area (Å²) in [6.45, 7) is 3.18. The van der Waals surface area contributed by atoms with Crippen LogP contribution in [0.5, 0.6) is 0 Å². The van der Waals surface area contributed by atoms with Crippen molar-refractivity contribution in [3.8, 4) is 0 Å². The molecule has 1 aliphatic heterocycles. The largest absolute Gasteiger partial charge is 0.401 e. The molecule has 1 fully saturated rings. The van der Waals surface area contributed by atoms with Gasteiger partial charge in [-0.3, -0.25) is 4.90 Å². The monoisotopic (exact) mass is 305 g/mol. The van der Waals surface area contributed by atoms with E-state index in [1.807, 2.05) is 0 Å². The molecule has 5 nitrogen and oxygen atoms in total. The molecule has 0 amide bonds. The lowest BCUT2D eigenvalue weighted by atomic mass is 9.90. The zero-order valence-corrected chi connectivity index (χ0v) is 12.2. The summed E-state index contributed by atoms with van der Waals surface area (Å²) in [6.07, 6.45) is 0.0342. The molecule has 0 bridgehead atoms. The van der Waals surface area contributed by atoms with Gasteiger partial charge in [0.05, 0.1) is 18.4 Å². The van der Waals surface area contributed by atoms with Crippen LogP contribution in [0, 0.1) is 5.92 Å². The Balaban J connectivity index is 1.64. The smallest absolute Gasteiger partial charge is 0.314 e. The van der Waals surface area contributed by atoms with Crippen LogP contribution in [0.25, 0.3) is 0 Å². The van der Waals surface area contributed by atoms with Crippen LogP contribution in [0.2, 0.25) is 0 Å². The molecule has 1 unspecified atom stereocenters. The number of halogens is 3. The van der Waals surface area contributed by atoms with Crippen molar-refractivity contribution in [1.29, 1.82) is 0 Å². The summed E-state index contributed by atoms with van der Waals surface area (Å²) < 4.78 is 37.0. The summed E-state index contributed by atoms with van der Waals surface area (Å²) >= 11 is 0. The second-order valence-electron chi connectivity index (χ2n) is 5.68. The molecule has 0 radical (unpaired) electrons. The molecule has 0 saturated carbocycles. The van der Waals surface area contributed by atoms with Gasteiger partial charge in [0.2, 0.25) is 0 Å². The van der Waals surface area contributed by atoms with Crippen molar-refractivity contribution in [3.05, 3.63) is 11.9 Å². The minimum Gasteiger partial charge on any atom is -0.314 e. The van der Waals surface area contributed by atoms with Gasteiger partial charge in [0, 0.05) is 19.0 Å². The lowest BCUT2D eigenvalue weighted by molar-refractivity contribution is -0.148. The van der Waals surface area contributed by atoms with E-state index in [-0.39, 0.29) is 0 Å². The van der Waals surface area contributed by atoms with Gasteiger partial charge in [-0.05, 0) is 38.8 Å². The maximum atomic E-state index is 12.3.